The largest absolute Gasteiger partial charge is 0.369 e. The third-order valence-corrected chi connectivity index (χ3v) is 2.91. The molecule has 0 bridgehead atoms. The van der Waals surface area contributed by atoms with Crippen molar-refractivity contribution in [3.63, 3.8) is 0 Å². The fourth-order valence-electron chi connectivity index (χ4n) is 2.01. The van der Waals surface area contributed by atoms with Crippen molar-refractivity contribution in [2.75, 3.05) is 18.0 Å². The van der Waals surface area contributed by atoms with Gasteiger partial charge in [0.15, 0.2) is 0 Å². The molecule has 0 spiro atoms. The van der Waals surface area contributed by atoms with Crippen LogP contribution in [0.4, 0.5) is 10.1 Å². The summed E-state index contributed by atoms with van der Waals surface area (Å²) < 4.78 is 13.7. The highest BCUT2D eigenvalue weighted by Gasteiger charge is 2.17. The molecule has 0 amide bonds. The van der Waals surface area contributed by atoms with E-state index in [1.165, 1.54) is 6.07 Å². The number of halogens is 1. The first-order valence-corrected chi connectivity index (χ1v) is 5.22. The quantitative estimate of drug-likeness (QED) is 0.694. The lowest BCUT2D eigenvalue weighted by molar-refractivity contribution is 0.112. The lowest BCUT2D eigenvalue weighted by Gasteiger charge is -2.19. The van der Waals surface area contributed by atoms with Crippen molar-refractivity contribution in [2.24, 2.45) is 0 Å². The first-order valence-electron chi connectivity index (χ1n) is 5.22. The zero-order valence-electron chi connectivity index (χ0n) is 8.79. The Labute approximate surface area is 88.7 Å². The van der Waals surface area contributed by atoms with Gasteiger partial charge in [0.1, 0.15) is 12.1 Å². The smallest absolute Gasteiger partial charge is 0.150 e. The number of nitrogens with zero attached hydrogens (tertiary/aromatic N) is 1. The molecule has 1 fully saturated rings. The molecule has 0 N–H and O–H groups in total. The highest BCUT2D eigenvalue weighted by molar-refractivity contribution is 5.78. The second kappa shape index (κ2) is 4.01. The van der Waals surface area contributed by atoms with Gasteiger partial charge in [0, 0.05) is 18.7 Å². The molecule has 1 aliphatic rings. The Hall–Kier alpha value is -1.38. The Morgan fingerprint density at radius 3 is 2.60 bits per heavy atom. The van der Waals surface area contributed by atoms with Gasteiger partial charge in [-0.05, 0) is 37.5 Å². The third-order valence-electron chi connectivity index (χ3n) is 2.91. The molecule has 15 heavy (non-hydrogen) atoms. The molecule has 2 nitrogen and oxygen atoms in total. The van der Waals surface area contributed by atoms with Crippen LogP contribution in [0.3, 0.4) is 0 Å². The Morgan fingerprint density at radius 1 is 1.33 bits per heavy atom. The van der Waals surface area contributed by atoms with E-state index in [-0.39, 0.29) is 5.82 Å². The highest BCUT2D eigenvalue weighted by Crippen LogP contribution is 2.26. The van der Waals surface area contributed by atoms with Crippen LogP contribution in [0.5, 0.6) is 0 Å². The summed E-state index contributed by atoms with van der Waals surface area (Å²) in [6, 6.07) is 3.10. The molecule has 1 heterocycles. The molecule has 0 radical (unpaired) electrons. The first kappa shape index (κ1) is 10.1. The summed E-state index contributed by atoms with van der Waals surface area (Å²) in [4.78, 5) is 12.7. The van der Waals surface area contributed by atoms with Crippen molar-refractivity contribution in [1.29, 1.82) is 0 Å². The Bertz CT molecular complexity index is 383. The summed E-state index contributed by atoms with van der Waals surface area (Å²) in [7, 11) is 0. The Balaban J connectivity index is 2.39. The number of aldehydes is 1. The van der Waals surface area contributed by atoms with Gasteiger partial charge in [-0.3, -0.25) is 4.79 Å². The average molecular weight is 207 g/mol. The van der Waals surface area contributed by atoms with E-state index in [4.69, 9.17) is 0 Å². The maximum atomic E-state index is 13.7. The fourth-order valence-corrected chi connectivity index (χ4v) is 2.01. The van der Waals surface area contributed by atoms with Gasteiger partial charge in [-0.1, -0.05) is 0 Å². The molecule has 1 aromatic rings. The molecule has 2 rings (SSSR count). The van der Waals surface area contributed by atoms with Crippen molar-refractivity contribution in [3.8, 4) is 0 Å². The van der Waals surface area contributed by atoms with Crippen LogP contribution in [0, 0.1) is 12.7 Å². The van der Waals surface area contributed by atoms with Crippen molar-refractivity contribution >= 4 is 12.0 Å². The topological polar surface area (TPSA) is 20.3 Å². The standard InChI is InChI=1S/C12H14FNO/c1-9-6-12(14-4-2-3-5-14)11(13)7-10(9)8-15/h6-8H,2-5H2,1H3. The molecule has 1 aliphatic heterocycles. The summed E-state index contributed by atoms with van der Waals surface area (Å²) in [6.07, 6.45) is 2.94. The van der Waals surface area contributed by atoms with Crippen LogP contribution in [0.15, 0.2) is 12.1 Å². The van der Waals surface area contributed by atoms with E-state index in [1.54, 1.807) is 6.07 Å². The average Bonchev–Trinajstić information content (AvgIpc) is 2.74. The van der Waals surface area contributed by atoms with E-state index in [0.29, 0.717) is 17.5 Å². The lowest BCUT2D eigenvalue weighted by Crippen LogP contribution is -2.19. The van der Waals surface area contributed by atoms with Crippen LogP contribution >= 0.6 is 0 Å². The van der Waals surface area contributed by atoms with Gasteiger partial charge in [-0.15, -0.1) is 0 Å². The van der Waals surface area contributed by atoms with E-state index in [1.807, 2.05) is 11.8 Å². The molecule has 0 atom stereocenters. The maximum absolute atomic E-state index is 13.7. The zero-order chi connectivity index (χ0) is 10.8. The van der Waals surface area contributed by atoms with Crippen LogP contribution in [0.25, 0.3) is 0 Å². The molecular formula is C12H14FNO. The van der Waals surface area contributed by atoms with Crippen molar-refractivity contribution in [2.45, 2.75) is 19.8 Å². The zero-order valence-corrected chi connectivity index (χ0v) is 8.79. The molecule has 0 saturated carbocycles. The molecular weight excluding hydrogens is 193 g/mol. The second-order valence-corrected chi connectivity index (χ2v) is 3.97. The number of anilines is 1. The highest BCUT2D eigenvalue weighted by atomic mass is 19.1. The molecule has 3 heteroatoms. The van der Waals surface area contributed by atoms with Gasteiger partial charge < -0.3 is 4.90 Å². The summed E-state index contributed by atoms with van der Waals surface area (Å²) in [5, 5.41) is 0. The van der Waals surface area contributed by atoms with Crippen LogP contribution in [-0.2, 0) is 0 Å². The van der Waals surface area contributed by atoms with Crippen molar-refractivity contribution in [1.82, 2.24) is 0 Å². The fraction of sp³-hybridized carbons (Fsp3) is 0.417. The summed E-state index contributed by atoms with van der Waals surface area (Å²) in [5.74, 6) is -0.287. The minimum atomic E-state index is -0.287. The van der Waals surface area contributed by atoms with E-state index >= 15 is 0 Å². The monoisotopic (exact) mass is 207 g/mol. The minimum Gasteiger partial charge on any atom is -0.369 e. The van der Waals surface area contributed by atoms with Gasteiger partial charge in [0.25, 0.3) is 0 Å². The van der Waals surface area contributed by atoms with E-state index in [2.05, 4.69) is 0 Å². The normalized spacial score (nSPS) is 15.7. The molecule has 0 aliphatic carbocycles. The number of carbonyl (C=O) groups is 1. The minimum absolute atomic E-state index is 0.287. The summed E-state index contributed by atoms with van der Waals surface area (Å²) in [5.41, 5.74) is 1.92. The van der Waals surface area contributed by atoms with Gasteiger partial charge in [0.05, 0.1) is 5.69 Å². The molecule has 80 valence electrons. The molecule has 1 saturated heterocycles. The van der Waals surface area contributed by atoms with Crippen molar-refractivity contribution in [3.05, 3.63) is 29.1 Å². The number of aryl methyl sites for hydroxylation is 1. The Morgan fingerprint density at radius 2 is 2.00 bits per heavy atom. The van der Waals surface area contributed by atoms with Gasteiger partial charge in [0.2, 0.25) is 0 Å². The molecule has 0 unspecified atom stereocenters. The van der Waals surface area contributed by atoms with Gasteiger partial charge >= 0.3 is 0 Å². The summed E-state index contributed by atoms with van der Waals surface area (Å²) >= 11 is 0. The molecule has 0 aromatic heterocycles. The van der Waals surface area contributed by atoms with Crippen LogP contribution in [-0.4, -0.2) is 19.4 Å². The lowest BCUT2D eigenvalue weighted by atomic mass is 10.1. The maximum Gasteiger partial charge on any atom is 0.150 e. The second-order valence-electron chi connectivity index (χ2n) is 3.97. The van der Waals surface area contributed by atoms with Crippen molar-refractivity contribution < 1.29 is 9.18 Å². The predicted octanol–water partition coefficient (Wildman–Crippen LogP) is 2.55. The SMILES string of the molecule is Cc1cc(N2CCCC2)c(F)cc1C=O. The Kier molecular flexibility index (Phi) is 2.71. The summed E-state index contributed by atoms with van der Waals surface area (Å²) in [6.45, 7) is 3.66. The van der Waals surface area contributed by atoms with Crippen LogP contribution in [0.2, 0.25) is 0 Å². The third kappa shape index (κ3) is 1.87. The van der Waals surface area contributed by atoms with E-state index in [0.717, 1.165) is 31.5 Å². The van der Waals surface area contributed by atoms with Gasteiger partial charge in [-0.2, -0.15) is 0 Å². The molecule has 1 aromatic carbocycles. The first-order chi connectivity index (χ1) is 7.22. The number of rotatable bonds is 2. The number of hydrogen-bond acceptors (Lipinski definition) is 2. The van der Waals surface area contributed by atoms with Gasteiger partial charge in [-0.25, -0.2) is 4.39 Å². The predicted molar refractivity (Wildman–Crippen MR) is 58.0 cm³/mol. The van der Waals surface area contributed by atoms with E-state index < -0.39 is 0 Å². The van der Waals surface area contributed by atoms with E-state index in [9.17, 15) is 9.18 Å². The number of carbonyl (C=O) groups excluding carboxylic acids is 1. The number of benzene rings is 1. The van der Waals surface area contributed by atoms with Crippen LogP contribution < -0.4 is 4.90 Å². The number of hydrogen-bond donors (Lipinski definition) is 0. The van der Waals surface area contributed by atoms with Crippen LogP contribution in [0.1, 0.15) is 28.8 Å².